The molecular formula is C11H16. The topological polar surface area (TPSA) is 0 Å². The van der Waals surface area contributed by atoms with E-state index in [1.165, 1.54) is 0 Å². The van der Waals surface area contributed by atoms with Crippen LogP contribution in [-0.4, -0.2) is 0 Å². The van der Waals surface area contributed by atoms with E-state index in [0.717, 1.165) is 12.0 Å². The number of hydrogen-bond donors (Lipinski definition) is 0. The van der Waals surface area contributed by atoms with Gasteiger partial charge in [-0.25, -0.2) is 0 Å². The Morgan fingerprint density at radius 1 is 1.45 bits per heavy atom. The molecule has 0 aliphatic rings. The first-order valence-corrected chi connectivity index (χ1v) is 3.97. The predicted octanol–water partition coefficient (Wildman–Crippen LogP) is 3.64. The fourth-order valence-corrected chi connectivity index (χ4v) is 0.653. The third-order valence-corrected chi connectivity index (χ3v) is 1.26. The Hall–Kier alpha value is -1.04. The van der Waals surface area contributed by atoms with Gasteiger partial charge in [0.1, 0.15) is 0 Å². The van der Waals surface area contributed by atoms with Crippen molar-refractivity contribution in [3.63, 3.8) is 0 Å². The van der Waals surface area contributed by atoms with Crippen molar-refractivity contribution in [3.05, 3.63) is 48.6 Å². The molecule has 0 saturated carbocycles. The fourth-order valence-electron chi connectivity index (χ4n) is 0.653. The second-order valence-corrected chi connectivity index (χ2v) is 2.21. The summed E-state index contributed by atoms with van der Waals surface area (Å²) >= 11 is 0. The monoisotopic (exact) mass is 148 g/mol. The second-order valence-electron chi connectivity index (χ2n) is 2.21. The Balaban J connectivity index is 4.15. The summed E-state index contributed by atoms with van der Waals surface area (Å²) in [5.74, 6) is 0. The maximum absolute atomic E-state index is 3.71. The van der Waals surface area contributed by atoms with Gasteiger partial charge in [0.2, 0.25) is 0 Å². The van der Waals surface area contributed by atoms with E-state index in [1.54, 1.807) is 0 Å². The van der Waals surface area contributed by atoms with Crippen molar-refractivity contribution in [2.24, 2.45) is 0 Å². The smallest absolute Gasteiger partial charge is 0.0266 e. The lowest BCUT2D eigenvalue weighted by atomic mass is 10.2. The van der Waals surface area contributed by atoms with Crippen LogP contribution in [0.5, 0.6) is 0 Å². The number of allylic oxidation sites excluding steroid dienone is 7. The zero-order chi connectivity index (χ0) is 8.53. The minimum atomic E-state index is 1.07. The molecule has 0 aliphatic carbocycles. The van der Waals surface area contributed by atoms with E-state index in [4.69, 9.17) is 0 Å². The molecule has 0 aliphatic heterocycles. The van der Waals surface area contributed by atoms with E-state index in [9.17, 15) is 0 Å². The molecule has 0 unspecified atom stereocenters. The molecule has 0 bridgehead atoms. The number of rotatable bonds is 4. The molecule has 11 heavy (non-hydrogen) atoms. The van der Waals surface area contributed by atoms with Gasteiger partial charge in [0.05, 0.1) is 0 Å². The molecule has 0 N–H and O–H groups in total. The summed E-state index contributed by atoms with van der Waals surface area (Å²) in [6, 6.07) is 0. The molecule has 0 nitrogen and oxygen atoms in total. The molecule has 0 amide bonds. The normalized spacial score (nSPS) is 13.1. The Labute approximate surface area is 69.6 Å². The Morgan fingerprint density at radius 2 is 2.18 bits per heavy atom. The fraction of sp³-hybridized carbons (Fsp3) is 0.273. The Bertz CT molecular complexity index is 180. The van der Waals surface area contributed by atoms with Crippen molar-refractivity contribution < 1.29 is 0 Å². The molecule has 0 heterocycles. The summed E-state index contributed by atoms with van der Waals surface area (Å²) < 4.78 is 0. The third kappa shape index (κ3) is 5.41. The summed E-state index contributed by atoms with van der Waals surface area (Å²) in [7, 11) is 0. The lowest BCUT2D eigenvalue weighted by Crippen LogP contribution is -1.67. The second kappa shape index (κ2) is 7.07. The predicted molar refractivity (Wildman–Crippen MR) is 52.5 cm³/mol. The minimum absolute atomic E-state index is 1.07. The zero-order valence-corrected chi connectivity index (χ0v) is 7.38. The summed E-state index contributed by atoms with van der Waals surface area (Å²) in [4.78, 5) is 0. The van der Waals surface area contributed by atoms with E-state index >= 15 is 0 Å². The highest BCUT2D eigenvalue weighted by Crippen LogP contribution is 1.99. The maximum atomic E-state index is 3.71. The van der Waals surface area contributed by atoms with E-state index < -0.39 is 0 Å². The molecule has 0 aromatic heterocycles. The zero-order valence-electron chi connectivity index (χ0n) is 7.38. The van der Waals surface area contributed by atoms with E-state index in [2.05, 4.69) is 25.7 Å². The van der Waals surface area contributed by atoms with Gasteiger partial charge in [0.25, 0.3) is 0 Å². The average molecular weight is 148 g/mol. The molecule has 0 fully saturated rings. The summed E-state index contributed by atoms with van der Waals surface area (Å²) in [5, 5.41) is 0. The highest BCUT2D eigenvalue weighted by atomic mass is 13.8. The van der Waals surface area contributed by atoms with Gasteiger partial charge in [-0.3, -0.25) is 0 Å². The minimum Gasteiger partial charge on any atom is -0.0985 e. The van der Waals surface area contributed by atoms with Gasteiger partial charge in [-0.15, -0.1) is 0 Å². The lowest BCUT2D eigenvalue weighted by Gasteiger charge is -1.88. The van der Waals surface area contributed by atoms with Crippen molar-refractivity contribution in [3.8, 4) is 0 Å². The van der Waals surface area contributed by atoms with Crippen LogP contribution in [0.15, 0.2) is 48.6 Å². The van der Waals surface area contributed by atoms with Crippen molar-refractivity contribution in [2.75, 3.05) is 0 Å². The van der Waals surface area contributed by atoms with Crippen molar-refractivity contribution in [2.45, 2.75) is 20.3 Å². The highest BCUT2D eigenvalue weighted by Gasteiger charge is 1.78. The molecule has 60 valence electrons. The molecule has 0 atom stereocenters. The van der Waals surface area contributed by atoms with Crippen LogP contribution < -0.4 is 0 Å². The van der Waals surface area contributed by atoms with E-state index in [-0.39, 0.29) is 0 Å². The van der Waals surface area contributed by atoms with Crippen LogP contribution in [0.2, 0.25) is 0 Å². The molecule has 0 radical (unpaired) electrons. The van der Waals surface area contributed by atoms with Gasteiger partial charge < -0.3 is 0 Å². The van der Waals surface area contributed by atoms with E-state index in [1.807, 2.05) is 31.2 Å². The maximum Gasteiger partial charge on any atom is -0.0266 e. The van der Waals surface area contributed by atoms with Gasteiger partial charge in [0, 0.05) is 0 Å². The van der Waals surface area contributed by atoms with Crippen LogP contribution in [0.25, 0.3) is 0 Å². The van der Waals surface area contributed by atoms with Crippen LogP contribution >= 0.6 is 0 Å². The van der Waals surface area contributed by atoms with Gasteiger partial charge >= 0.3 is 0 Å². The summed E-state index contributed by atoms with van der Waals surface area (Å²) in [5.41, 5.74) is 1.16. The Morgan fingerprint density at radius 3 is 2.64 bits per heavy atom. The summed E-state index contributed by atoms with van der Waals surface area (Å²) in [6.45, 7) is 7.83. The molecule has 0 aromatic rings. The molecule has 0 rings (SSSR count). The molecule has 0 heteroatoms. The van der Waals surface area contributed by atoms with Crippen molar-refractivity contribution in [1.82, 2.24) is 0 Å². The quantitative estimate of drug-likeness (QED) is 0.534. The third-order valence-electron chi connectivity index (χ3n) is 1.26. The lowest BCUT2D eigenvalue weighted by molar-refractivity contribution is 1.22. The van der Waals surface area contributed by atoms with Crippen LogP contribution in [0.4, 0.5) is 0 Å². The Kier molecular flexibility index (Phi) is 6.40. The van der Waals surface area contributed by atoms with Gasteiger partial charge in [-0.1, -0.05) is 50.0 Å². The van der Waals surface area contributed by atoms with Crippen LogP contribution in [-0.2, 0) is 0 Å². The van der Waals surface area contributed by atoms with Gasteiger partial charge in [-0.2, -0.15) is 0 Å². The first-order valence-electron chi connectivity index (χ1n) is 3.97. The van der Waals surface area contributed by atoms with Crippen molar-refractivity contribution >= 4 is 0 Å². The molecule has 0 spiro atoms. The van der Waals surface area contributed by atoms with E-state index in [0.29, 0.717) is 0 Å². The number of hydrogen-bond acceptors (Lipinski definition) is 0. The standard InChI is InChI=1S/C11H16/c1-4-7-9-11(6-3)10-8-5-2/h4,6-10H,3,5H2,1-2H3/b7-4-,10-8-,11-9+. The first kappa shape index (κ1) is 9.96. The average Bonchev–Trinajstić information content (AvgIpc) is 2.05. The van der Waals surface area contributed by atoms with Gasteiger partial charge in [0.15, 0.2) is 0 Å². The van der Waals surface area contributed by atoms with Crippen LogP contribution in [0, 0.1) is 0 Å². The highest BCUT2D eigenvalue weighted by molar-refractivity contribution is 5.32. The molecule has 0 saturated heterocycles. The summed E-state index contributed by atoms with van der Waals surface area (Å²) in [6.07, 6.45) is 13.2. The largest absolute Gasteiger partial charge is 0.0985 e. The van der Waals surface area contributed by atoms with Gasteiger partial charge in [-0.05, 0) is 18.9 Å². The molecular weight excluding hydrogens is 132 g/mol. The first-order chi connectivity index (χ1) is 5.35. The molecule has 0 aromatic carbocycles. The van der Waals surface area contributed by atoms with Crippen molar-refractivity contribution in [1.29, 1.82) is 0 Å². The van der Waals surface area contributed by atoms with Crippen LogP contribution in [0.3, 0.4) is 0 Å². The SMILES string of the molecule is C=CC(/C=C\CC)=C\C=C/C. The van der Waals surface area contributed by atoms with Crippen LogP contribution in [0.1, 0.15) is 20.3 Å².